The molecule has 5 nitrogen and oxygen atoms in total. The Labute approximate surface area is 150 Å². The molecule has 1 aliphatic heterocycles. The van der Waals surface area contributed by atoms with E-state index in [1.54, 1.807) is 4.90 Å². The van der Waals surface area contributed by atoms with E-state index in [-0.39, 0.29) is 11.5 Å². The Morgan fingerprint density at radius 1 is 1.28 bits per heavy atom. The highest BCUT2D eigenvalue weighted by atomic mass is 16.2. The van der Waals surface area contributed by atoms with Gasteiger partial charge in [0, 0.05) is 43.8 Å². The number of nitrogens with zero attached hydrogens (tertiary/aromatic N) is 3. The molecule has 0 radical (unpaired) electrons. The molecule has 1 aromatic rings. The Morgan fingerprint density at radius 3 is 2.40 bits per heavy atom. The third kappa shape index (κ3) is 4.99. The molecule has 0 saturated carbocycles. The van der Waals surface area contributed by atoms with Crippen molar-refractivity contribution in [2.45, 2.75) is 33.6 Å². The van der Waals surface area contributed by atoms with Gasteiger partial charge in [0.2, 0.25) is 0 Å². The normalized spacial score (nSPS) is 15.6. The van der Waals surface area contributed by atoms with Crippen molar-refractivity contribution < 1.29 is 4.79 Å². The quantitative estimate of drug-likeness (QED) is 0.635. The predicted octanol–water partition coefficient (Wildman–Crippen LogP) is 3.61. The van der Waals surface area contributed by atoms with Crippen molar-refractivity contribution in [2.24, 2.45) is 5.92 Å². The molecule has 0 atom stereocenters. The van der Waals surface area contributed by atoms with Crippen molar-refractivity contribution in [3.05, 3.63) is 36.0 Å². The van der Waals surface area contributed by atoms with Crippen molar-refractivity contribution in [3.8, 4) is 6.07 Å². The van der Waals surface area contributed by atoms with Gasteiger partial charge in [-0.3, -0.25) is 4.79 Å². The van der Waals surface area contributed by atoms with E-state index in [1.807, 2.05) is 30.3 Å². The second-order valence-corrected chi connectivity index (χ2v) is 6.51. The summed E-state index contributed by atoms with van der Waals surface area (Å²) < 4.78 is 0. The molecular weight excluding hydrogens is 312 g/mol. The van der Waals surface area contributed by atoms with E-state index in [1.165, 1.54) is 11.9 Å². The first kappa shape index (κ1) is 18.9. The van der Waals surface area contributed by atoms with Crippen LogP contribution in [0.4, 0.5) is 11.4 Å². The number of rotatable bonds is 6. The summed E-state index contributed by atoms with van der Waals surface area (Å²) in [5, 5.41) is 12.4. The van der Waals surface area contributed by atoms with E-state index in [2.05, 4.69) is 31.0 Å². The lowest BCUT2D eigenvalue weighted by Gasteiger charge is -2.30. The van der Waals surface area contributed by atoms with E-state index in [9.17, 15) is 10.1 Å². The molecule has 0 unspecified atom stereocenters. The fraction of sp³-hybridized carbons (Fsp3) is 0.500. The van der Waals surface area contributed by atoms with Crippen LogP contribution in [0.5, 0.6) is 0 Å². The number of anilines is 2. The van der Waals surface area contributed by atoms with Crippen LogP contribution >= 0.6 is 0 Å². The number of carbonyl (C=O) groups excluding carboxylic acids is 1. The minimum absolute atomic E-state index is 0.155. The van der Waals surface area contributed by atoms with E-state index in [4.69, 9.17) is 0 Å². The molecular formula is C20H28N4O. The molecule has 0 spiro atoms. The number of amides is 1. The Kier molecular flexibility index (Phi) is 6.88. The fourth-order valence-electron chi connectivity index (χ4n) is 3.04. The smallest absolute Gasteiger partial charge is 0.266 e. The van der Waals surface area contributed by atoms with Crippen LogP contribution in [-0.2, 0) is 4.79 Å². The minimum Gasteiger partial charge on any atom is -0.372 e. The molecule has 5 heteroatoms. The summed E-state index contributed by atoms with van der Waals surface area (Å²) in [4.78, 5) is 16.5. The molecule has 1 amide bonds. The molecule has 1 heterocycles. The van der Waals surface area contributed by atoms with Crippen LogP contribution in [0, 0.1) is 17.2 Å². The first-order valence-electron chi connectivity index (χ1n) is 9.10. The van der Waals surface area contributed by atoms with Crippen molar-refractivity contribution in [3.63, 3.8) is 0 Å². The average molecular weight is 340 g/mol. The molecule has 1 saturated heterocycles. The van der Waals surface area contributed by atoms with Crippen LogP contribution in [-0.4, -0.2) is 37.0 Å². The van der Waals surface area contributed by atoms with E-state index < -0.39 is 0 Å². The lowest BCUT2D eigenvalue weighted by molar-refractivity contribution is -0.128. The van der Waals surface area contributed by atoms with E-state index in [0.29, 0.717) is 5.92 Å². The molecule has 0 bridgehead atoms. The zero-order valence-corrected chi connectivity index (χ0v) is 15.5. The van der Waals surface area contributed by atoms with Gasteiger partial charge in [-0.05, 0) is 56.9 Å². The molecule has 1 aliphatic rings. The number of hydrogen-bond donors (Lipinski definition) is 1. The number of nitriles is 1. The van der Waals surface area contributed by atoms with Gasteiger partial charge >= 0.3 is 0 Å². The molecule has 0 aromatic heterocycles. The van der Waals surface area contributed by atoms with Crippen molar-refractivity contribution in [1.82, 2.24) is 4.90 Å². The molecule has 25 heavy (non-hydrogen) atoms. The van der Waals surface area contributed by atoms with Crippen LogP contribution in [0.15, 0.2) is 36.0 Å². The highest BCUT2D eigenvalue weighted by Gasteiger charge is 2.22. The summed E-state index contributed by atoms with van der Waals surface area (Å²) in [6, 6.07) is 10.0. The van der Waals surface area contributed by atoms with Crippen LogP contribution in [0.2, 0.25) is 0 Å². The van der Waals surface area contributed by atoms with Gasteiger partial charge in [0.25, 0.3) is 5.91 Å². The molecule has 1 fully saturated rings. The highest BCUT2D eigenvalue weighted by Crippen LogP contribution is 2.19. The van der Waals surface area contributed by atoms with Gasteiger partial charge in [0.15, 0.2) is 0 Å². The van der Waals surface area contributed by atoms with Crippen LogP contribution in [0.1, 0.15) is 33.6 Å². The monoisotopic (exact) mass is 340 g/mol. The van der Waals surface area contributed by atoms with Gasteiger partial charge < -0.3 is 15.1 Å². The second-order valence-electron chi connectivity index (χ2n) is 6.51. The zero-order chi connectivity index (χ0) is 18.2. The van der Waals surface area contributed by atoms with Gasteiger partial charge in [-0.1, -0.05) is 6.92 Å². The standard InChI is InChI=1S/C20H28N4O/c1-4-23(5-2)19-8-6-18(7-9-19)22-15-17(14-21)20(25)24-12-10-16(3)11-13-24/h6-9,15-16,22H,4-5,10-13H2,1-3H3/b17-15-. The maximum Gasteiger partial charge on any atom is 0.266 e. The van der Waals surface area contributed by atoms with Gasteiger partial charge in [-0.2, -0.15) is 5.26 Å². The van der Waals surface area contributed by atoms with Gasteiger partial charge in [-0.15, -0.1) is 0 Å². The largest absolute Gasteiger partial charge is 0.372 e. The molecule has 1 N–H and O–H groups in total. The SMILES string of the molecule is CCN(CC)c1ccc(N/C=C(/C#N)C(=O)N2CCC(C)CC2)cc1. The highest BCUT2D eigenvalue weighted by molar-refractivity contribution is 5.97. The Morgan fingerprint density at radius 2 is 1.88 bits per heavy atom. The Hall–Kier alpha value is -2.48. The lowest BCUT2D eigenvalue weighted by Crippen LogP contribution is -2.38. The Balaban J connectivity index is 2.00. The van der Waals surface area contributed by atoms with Crippen LogP contribution < -0.4 is 10.2 Å². The third-order valence-corrected chi connectivity index (χ3v) is 4.80. The summed E-state index contributed by atoms with van der Waals surface area (Å²) in [7, 11) is 0. The van der Waals surface area contributed by atoms with Gasteiger partial charge in [-0.25, -0.2) is 0 Å². The molecule has 0 aliphatic carbocycles. The summed E-state index contributed by atoms with van der Waals surface area (Å²) >= 11 is 0. The lowest BCUT2D eigenvalue weighted by atomic mass is 9.99. The number of nitrogens with one attached hydrogen (secondary N) is 1. The topological polar surface area (TPSA) is 59.4 Å². The van der Waals surface area contributed by atoms with Crippen molar-refractivity contribution in [2.75, 3.05) is 36.4 Å². The summed E-state index contributed by atoms with van der Waals surface area (Å²) in [6.45, 7) is 9.85. The molecule has 134 valence electrons. The predicted molar refractivity (Wildman–Crippen MR) is 102 cm³/mol. The Bertz CT molecular complexity index is 633. The van der Waals surface area contributed by atoms with Crippen LogP contribution in [0.25, 0.3) is 0 Å². The van der Waals surface area contributed by atoms with Gasteiger partial charge in [0.05, 0.1) is 0 Å². The number of likely N-dealkylation sites (tertiary alicyclic amines) is 1. The van der Waals surface area contributed by atoms with Crippen molar-refractivity contribution in [1.29, 1.82) is 5.26 Å². The van der Waals surface area contributed by atoms with Gasteiger partial charge in [0.1, 0.15) is 11.6 Å². The first-order chi connectivity index (χ1) is 12.1. The third-order valence-electron chi connectivity index (χ3n) is 4.80. The first-order valence-corrected chi connectivity index (χ1v) is 9.10. The molecule has 2 rings (SSSR count). The summed E-state index contributed by atoms with van der Waals surface area (Å²) in [5.41, 5.74) is 2.18. The number of piperidine rings is 1. The van der Waals surface area contributed by atoms with E-state index in [0.717, 1.165) is 44.7 Å². The van der Waals surface area contributed by atoms with Crippen LogP contribution in [0.3, 0.4) is 0 Å². The zero-order valence-electron chi connectivity index (χ0n) is 15.5. The average Bonchev–Trinajstić information content (AvgIpc) is 2.65. The summed E-state index contributed by atoms with van der Waals surface area (Å²) in [6.07, 6.45) is 3.53. The maximum atomic E-state index is 12.5. The van der Waals surface area contributed by atoms with Crippen molar-refractivity contribution >= 4 is 17.3 Å². The van der Waals surface area contributed by atoms with E-state index >= 15 is 0 Å². The number of hydrogen-bond acceptors (Lipinski definition) is 4. The molecule has 1 aromatic carbocycles. The number of carbonyl (C=O) groups is 1. The summed E-state index contributed by atoms with van der Waals surface area (Å²) in [5.74, 6) is 0.475. The maximum absolute atomic E-state index is 12.5. The number of benzene rings is 1. The minimum atomic E-state index is -0.179. The second kappa shape index (κ2) is 9.12. The fourth-order valence-corrected chi connectivity index (χ4v) is 3.04.